The van der Waals surface area contributed by atoms with Crippen molar-refractivity contribution in [2.75, 3.05) is 18.4 Å². The minimum absolute atomic E-state index is 0.146. The van der Waals surface area contributed by atoms with Crippen LogP contribution in [0.1, 0.15) is 48.8 Å². The SMILES string of the molecule is Cc1sc(-c2noc(C3CCC3)n2)cc1S(=O)(=O)N1CCCC(C(=O)Nc2cccnc2)C1. The molecule has 1 N–H and O–H groups in total. The van der Waals surface area contributed by atoms with Crippen molar-refractivity contribution in [2.24, 2.45) is 5.92 Å². The highest BCUT2D eigenvalue weighted by molar-refractivity contribution is 7.89. The van der Waals surface area contributed by atoms with E-state index in [1.807, 2.05) is 0 Å². The van der Waals surface area contributed by atoms with Crippen molar-refractivity contribution in [1.82, 2.24) is 19.4 Å². The van der Waals surface area contributed by atoms with Crippen LogP contribution in [-0.2, 0) is 14.8 Å². The average molecular weight is 488 g/mol. The molecule has 3 aromatic rings. The van der Waals surface area contributed by atoms with Gasteiger partial charge >= 0.3 is 0 Å². The van der Waals surface area contributed by atoms with E-state index in [2.05, 4.69) is 20.4 Å². The van der Waals surface area contributed by atoms with Crippen LogP contribution in [0, 0.1) is 12.8 Å². The van der Waals surface area contributed by atoms with Gasteiger partial charge in [-0.2, -0.15) is 9.29 Å². The van der Waals surface area contributed by atoms with Crippen LogP contribution in [0.15, 0.2) is 40.0 Å². The summed E-state index contributed by atoms with van der Waals surface area (Å²) in [5.41, 5.74) is 0.599. The van der Waals surface area contributed by atoms with E-state index >= 15 is 0 Å². The summed E-state index contributed by atoms with van der Waals surface area (Å²) >= 11 is 1.34. The van der Waals surface area contributed by atoms with E-state index in [1.54, 1.807) is 37.5 Å². The minimum Gasteiger partial charge on any atom is -0.339 e. The topological polar surface area (TPSA) is 118 Å². The van der Waals surface area contributed by atoms with Crippen LogP contribution in [0.25, 0.3) is 10.7 Å². The number of amides is 1. The molecule has 4 heterocycles. The lowest BCUT2D eigenvalue weighted by Gasteiger charge is -2.31. The molecule has 0 bridgehead atoms. The molecule has 9 nitrogen and oxygen atoms in total. The molecular formula is C22H25N5O4S2. The molecule has 1 atom stereocenters. The van der Waals surface area contributed by atoms with Gasteiger partial charge in [-0.05, 0) is 50.8 Å². The molecule has 1 aliphatic heterocycles. The maximum absolute atomic E-state index is 13.5. The van der Waals surface area contributed by atoms with Gasteiger partial charge in [0.15, 0.2) is 0 Å². The number of piperidine rings is 1. The van der Waals surface area contributed by atoms with Crippen molar-refractivity contribution in [3.8, 4) is 10.7 Å². The smallest absolute Gasteiger partial charge is 0.244 e. The fourth-order valence-electron chi connectivity index (χ4n) is 4.18. The van der Waals surface area contributed by atoms with Crippen molar-refractivity contribution in [2.45, 2.75) is 49.8 Å². The molecule has 2 fully saturated rings. The molecule has 2 aliphatic rings. The van der Waals surface area contributed by atoms with E-state index in [-0.39, 0.29) is 17.3 Å². The summed E-state index contributed by atoms with van der Waals surface area (Å²) < 4.78 is 33.8. The van der Waals surface area contributed by atoms with Gasteiger partial charge in [0.2, 0.25) is 27.6 Å². The fraction of sp³-hybridized carbons (Fsp3) is 0.455. The lowest BCUT2D eigenvalue weighted by molar-refractivity contribution is -0.120. The summed E-state index contributed by atoms with van der Waals surface area (Å²) in [6, 6.07) is 5.12. The van der Waals surface area contributed by atoms with Gasteiger partial charge in [-0.1, -0.05) is 11.6 Å². The summed E-state index contributed by atoms with van der Waals surface area (Å²) in [4.78, 5) is 22.8. The summed E-state index contributed by atoms with van der Waals surface area (Å²) in [6.45, 7) is 2.31. The van der Waals surface area contributed by atoms with Gasteiger partial charge in [-0.25, -0.2) is 8.42 Å². The molecule has 1 unspecified atom stereocenters. The number of nitrogens with one attached hydrogen (secondary N) is 1. The predicted molar refractivity (Wildman–Crippen MR) is 123 cm³/mol. The van der Waals surface area contributed by atoms with E-state index in [9.17, 15) is 13.2 Å². The number of aromatic nitrogens is 3. The first-order valence-electron chi connectivity index (χ1n) is 11.1. The van der Waals surface area contributed by atoms with Crippen molar-refractivity contribution in [1.29, 1.82) is 0 Å². The standard InChI is InChI=1S/C22H25N5O4S2/c1-14-19(11-18(32-14)20-25-22(31-26-20)15-5-2-6-15)33(29,30)27-10-4-7-16(13-27)21(28)24-17-8-3-9-23-12-17/h3,8-9,11-12,15-16H,2,4-7,10,13H2,1H3,(H,24,28). The van der Waals surface area contributed by atoms with E-state index < -0.39 is 15.9 Å². The van der Waals surface area contributed by atoms with E-state index in [0.29, 0.717) is 52.5 Å². The van der Waals surface area contributed by atoms with Crippen LogP contribution in [0.5, 0.6) is 0 Å². The molecule has 33 heavy (non-hydrogen) atoms. The van der Waals surface area contributed by atoms with Gasteiger partial charge < -0.3 is 9.84 Å². The average Bonchev–Trinajstić information content (AvgIpc) is 3.40. The molecular weight excluding hydrogens is 462 g/mol. The number of sulfonamides is 1. The number of aryl methyl sites for hydroxylation is 1. The zero-order valence-electron chi connectivity index (χ0n) is 18.2. The molecule has 0 spiro atoms. The second kappa shape index (κ2) is 8.96. The van der Waals surface area contributed by atoms with Crippen LogP contribution < -0.4 is 5.32 Å². The Bertz CT molecular complexity index is 1250. The number of hydrogen-bond donors (Lipinski definition) is 1. The Morgan fingerprint density at radius 1 is 1.27 bits per heavy atom. The van der Waals surface area contributed by atoms with Crippen LogP contribution in [-0.4, -0.2) is 46.8 Å². The number of carbonyl (C=O) groups excluding carboxylic acids is 1. The molecule has 1 amide bonds. The van der Waals surface area contributed by atoms with Crippen molar-refractivity contribution in [3.63, 3.8) is 0 Å². The number of pyridine rings is 1. The largest absolute Gasteiger partial charge is 0.339 e. The Hall–Kier alpha value is -2.63. The first kappa shape index (κ1) is 22.2. The molecule has 11 heteroatoms. The number of hydrogen-bond acceptors (Lipinski definition) is 8. The van der Waals surface area contributed by atoms with Crippen LogP contribution in [0.2, 0.25) is 0 Å². The van der Waals surface area contributed by atoms with Gasteiger partial charge in [0, 0.05) is 30.1 Å². The highest BCUT2D eigenvalue weighted by Gasteiger charge is 2.35. The van der Waals surface area contributed by atoms with Gasteiger partial charge in [0.05, 0.1) is 27.6 Å². The third kappa shape index (κ3) is 4.44. The Labute approximate surface area is 196 Å². The summed E-state index contributed by atoms with van der Waals surface area (Å²) in [5.74, 6) is 0.762. The highest BCUT2D eigenvalue weighted by Crippen LogP contribution is 2.38. The molecule has 0 aromatic carbocycles. The van der Waals surface area contributed by atoms with E-state index in [0.717, 1.165) is 12.8 Å². The number of carbonyl (C=O) groups is 1. The Kier molecular flexibility index (Phi) is 6.02. The lowest BCUT2D eigenvalue weighted by atomic mass is 9.85. The molecule has 1 saturated heterocycles. The number of thiophene rings is 1. The third-order valence-corrected chi connectivity index (χ3v) is 9.46. The van der Waals surface area contributed by atoms with Crippen LogP contribution >= 0.6 is 11.3 Å². The second-order valence-corrected chi connectivity index (χ2v) is 11.7. The molecule has 3 aromatic heterocycles. The van der Waals surface area contributed by atoms with Gasteiger partial charge in [0.25, 0.3) is 0 Å². The molecule has 174 valence electrons. The zero-order valence-corrected chi connectivity index (χ0v) is 19.9. The Morgan fingerprint density at radius 3 is 2.85 bits per heavy atom. The molecule has 1 aliphatic carbocycles. The number of nitrogens with zero attached hydrogens (tertiary/aromatic N) is 4. The van der Waals surface area contributed by atoms with Crippen molar-refractivity contribution in [3.05, 3.63) is 41.4 Å². The molecule has 0 radical (unpaired) electrons. The van der Waals surface area contributed by atoms with E-state index in [1.165, 1.54) is 22.1 Å². The number of rotatable bonds is 6. The fourth-order valence-corrected chi connectivity index (χ4v) is 7.19. The first-order chi connectivity index (χ1) is 15.9. The highest BCUT2D eigenvalue weighted by atomic mass is 32.2. The number of anilines is 1. The first-order valence-corrected chi connectivity index (χ1v) is 13.3. The van der Waals surface area contributed by atoms with Gasteiger partial charge in [-0.3, -0.25) is 9.78 Å². The summed E-state index contributed by atoms with van der Waals surface area (Å²) in [5, 5.41) is 6.90. The van der Waals surface area contributed by atoms with Crippen molar-refractivity contribution < 1.29 is 17.7 Å². The Morgan fingerprint density at radius 2 is 2.12 bits per heavy atom. The molecule has 5 rings (SSSR count). The Balaban J connectivity index is 1.32. The summed E-state index contributed by atoms with van der Waals surface area (Å²) in [6.07, 6.45) is 7.73. The maximum Gasteiger partial charge on any atom is 0.244 e. The minimum atomic E-state index is -3.76. The van der Waals surface area contributed by atoms with Crippen molar-refractivity contribution >= 4 is 33.0 Å². The molecule has 1 saturated carbocycles. The van der Waals surface area contributed by atoms with Gasteiger partial charge in [-0.15, -0.1) is 11.3 Å². The van der Waals surface area contributed by atoms with Gasteiger partial charge in [0.1, 0.15) is 0 Å². The normalized spacial score (nSPS) is 19.8. The predicted octanol–water partition coefficient (Wildman–Crippen LogP) is 3.81. The monoisotopic (exact) mass is 487 g/mol. The third-order valence-electron chi connectivity index (χ3n) is 6.29. The lowest BCUT2D eigenvalue weighted by Crippen LogP contribution is -2.43. The van der Waals surface area contributed by atoms with Crippen LogP contribution in [0.4, 0.5) is 5.69 Å². The summed E-state index contributed by atoms with van der Waals surface area (Å²) in [7, 11) is -3.76. The van der Waals surface area contributed by atoms with Crippen LogP contribution in [0.3, 0.4) is 0 Å². The quantitative estimate of drug-likeness (QED) is 0.562. The van der Waals surface area contributed by atoms with E-state index in [4.69, 9.17) is 4.52 Å². The second-order valence-electron chi connectivity index (χ2n) is 8.55. The maximum atomic E-state index is 13.5. The zero-order chi connectivity index (χ0) is 23.0.